The third-order valence-corrected chi connectivity index (χ3v) is 8.05. The average Bonchev–Trinajstić information content (AvgIpc) is 3.12. The Morgan fingerprint density at radius 1 is 1.12 bits per heavy atom. The fourth-order valence-electron chi connectivity index (χ4n) is 4.20. The first kappa shape index (κ1) is 23.1. The van der Waals surface area contributed by atoms with Gasteiger partial charge in [0.2, 0.25) is 10.0 Å². The normalized spacial score (nSPS) is 15.2. The number of hydrogen-bond acceptors (Lipinski definition) is 4. The molecule has 0 bridgehead atoms. The molecule has 1 fully saturated rings. The zero-order valence-electron chi connectivity index (χ0n) is 17.6. The first-order valence-electron chi connectivity index (χ1n) is 10.5. The van der Waals surface area contributed by atoms with Gasteiger partial charge in [0.1, 0.15) is 11.5 Å². The quantitative estimate of drug-likeness (QED) is 0.422. The second kappa shape index (κ2) is 9.43. The van der Waals surface area contributed by atoms with E-state index in [4.69, 9.17) is 27.9 Å². The van der Waals surface area contributed by atoms with Gasteiger partial charge in [-0.25, -0.2) is 13.1 Å². The van der Waals surface area contributed by atoms with E-state index >= 15 is 0 Å². The minimum absolute atomic E-state index is 0.000562. The zero-order chi connectivity index (χ0) is 22.9. The van der Waals surface area contributed by atoms with Gasteiger partial charge in [0, 0.05) is 29.4 Å². The van der Waals surface area contributed by atoms with E-state index in [1.54, 1.807) is 24.3 Å². The second-order valence-electron chi connectivity index (χ2n) is 8.02. The first-order valence-corrected chi connectivity index (χ1v) is 12.7. The third kappa shape index (κ3) is 4.81. The number of carbonyl (C=O) groups is 1. The topological polar surface area (TPSA) is 88.3 Å². The van der Waals surface area contributed by atoms with Crippen LogP contribution in [-0.4, -0.2) is 25.4 Å². The molecule has 2 N–H and O–H groups in total. The minimum atomic E-state index is -3.81. The van der Waals surface area contributed by atoms with Crippen LogP contribution < -0.4 is 4.72 Å². The number of fused-ring (bicyclic) bond motifs is 1. The Balaban J connectivity index is 1.78. The van der Waals surface area contributed by atoms with E-state index in [1.807, 2.05) is 12.1 Å². The van der Waals surface area contributed by atoms with Gasteiger partial charge in [-0.2, -0.15) is 0 Å². The number of nitrogens with one attached hydrogen (secondary N) is 2. The van der Waals surface area contributed by atoms with Crippen molar-refractivity contribution in [2.24, 2.45) is 0 Å². The molecule has 170 valence electrons. The highest BCUT2D eigenvalue weighted by atomic mass is 35.5. The maximum absolute atomic E-state index is 13.1. The van der Waals surface area contributed by atoms with Gasteiger partial charge in [0.05, 0.1) is 15.7 Å². The van der Waals surface area contributed by atoms with Gasteiger partial charge in [0.15, 0.2) is 0 Å². The molecule has 1 aliphatic rings. The van der Waals surface area contributed by atoms with Crippen LogP contribution >= 0.6 is 23.2 Å². The standard InChI is InChI=1S/C23H24Cl2N2O4S/c1-14(28)31-13-17-22-19(25)8-5-9-20(22)26-23(17)15-10-11-18(24)21(12-15)32(29,30)27-16-6-3-2-4-7-16/h5,8-12,16,26-27H,2-4,6-7,13H2,1H3. The van der Waals surface area contributed by atoms with Crippen molar-refractivity contribution in [2.45, 2.75) is 56.6 Å². The lowest BCUT2D eigenvalue weighted by molar-refractivity contribution is -0.142. The summed E-state index contributed by atoms with van der Waals surface area (Å²) in [6, 6.07) is 10.2. The molecular weight excluding hydrogens is 471 g/mol. The summed E-state index contributed by atoms with van der Waals surface area (Å²) in [5.41, 5.74) is 2.66. The van der Waals surface area contributed by atoms with Crippen LogP contribution in [0.3, 0.4) is 0 Å². The summed E-state index contributed by atoms with van der Waals surface area (Å²) in [5, 5.41) is 1.38. The minimum Gasteiger partial charge on any atom is -0.461 e. The predicted octanol–water partition coefficient (Wildman–Crippen LogP) is 5.82. The number of esters is 1. The van der Waals surface area contributed by atoms with Crippen LogP contribution in [0.25, 0.3) is 22.2 Å². The fraction of sp³-hybridized carbons (Fsp3) is 0.348. The lowest BCUT2D eigenvalue weighted by atomic mass is 9.96. The van der Waals surface area contributed by atoms with Gasteiger partial charge >= 0.3 is 5.97 Å². The Morgan fingerprint density at radius 3 is 2.59 bits per heavy atom. The van der Waals surface area contributed by atoms with Crippen molar-refractivity contribution in [3.05, 3.63) is 52.0 Å². The Bertz CT molecular complexity index is 1260. The van der Waals surface area contributed by atoms with E-state index in [9.17, 15) is 13.2 Å². The summed E-state index contributed by atoms with van der Waals surface area (Å²) >= 11 is 12.7. The molecule has 6 nitrogen and oxygen atoms in total. The molecule has 1 aliphatic carbocycles. The van der Waals surface area contributed by atoms with Crippen molar-refractivity contribution >= 4 is 50.1 Å². The molecule has 3 aromatic rings. The van der Waals surface area contributed by atoms with E-state index in [-0.39, 0.29) is 22.6 Å². The molecule has 0 spiro atoms. The van der Waals surface area contributed by atoms with E-state index in [0.29, 0.717) is 21.8 Å². The molecule has 2 aromatic carbocycles. The summed E-state index contributed by atoms with van der Waals surface area (Å²) in [7, 11) is -3.81. The predicted molar refractivity (Wildman–Crippen MR) is 126 cm³/mol. The summed E-state index contributed by atoms with van der Waals surface area (Å²) in [4.78, 5) is 14.8. The van der Waals surface area contributed by atoms with Crippen LogP contribution in [-0.2, 0) is 26.2 Å². The van der Waals surface area contributed by atoms with Crippen LogP contribution in [0.4, 0.5) is 0 Å². The highest BCUT2D eigenvalue weighted by Gasteiger charge is 2.25. The maximum Gasteiger partial charge on any atom is 0.302 e. The summed E-state index contributed by atoms with van der Waals surface area (Å²) in [5.74, 6) is -0.423. The highest BCUT2D eigenvalue weighted by Crippen LogP contribution is 2.37. The van der Waals surface area contributed by atoms with Crippen LogP contribution in [0.1, 0.15) is 44.6 Å². The summed E-state index contributed by atoms with van der Waals surface area (Å²) in [6.45, 7) is 1.33. The molecule has 0 atom stereocenters. The molecule has 9 heteroatoms. The monoisotopic (exact) mass is 494 g/mol. The van der Waals surface area contributed by atoms with E-state index in [0.717, 1.165) is 43.0 Å². The van der Waals surface area contributed by atoms with Crippen molar-refractivity contribution in [1.82, 2.24) is 9.71 Å². The summed E-state index contributed by atoms with van der Waals surface area (Å²) < 4.78 is 34.3. The molecule has 32 heavy (non-hydrogen) atoms. The number of ether oxygens (including phenoxy) is 1. The number of rotatable bonds is 6. The molecule has 4 rings (SSSR count). The smallest absolute Gasteiger partial charge is 0.302 e. The zero-order valence-corrected chi connectivity index (χ0v) is 19.9. The van der Waals surface area contributed by atoms with Gasteiger partial charge in [-0.1, -0.05) is 54.6 Å². The fourth-order valence-corrected chi connectivity index (χ4v) is 6.32. The highest BCUT2D eigenvalue weighted by molar-refractivity contribution is 7.89. The molecule has 0 radical (unpaired) electrons. The number of benzene rings is 2. The maximum atomic E-state index is 13.1. The Morgan fingerprint density at radius 2 is 1.88 bits per heavy atom. The van der Waals surface area contributed by atoms with Gasteiger partial charge in [-0.3, -0.25) is 4.79 Å². The van der Waals surface area contributed by atoms with Gasteiger partial charge < -0.3 is 9.72 Å². The van der Waals surface area contributed by atoms with Crippen LogP contribution in [0.5, 0.6) is 0 Å². The molecule has 0 saturated heterocycles. The van der Waals surface area contributed by atoms with Gasteiger partial charge in [-0.05, 0) is 42.7 Å². The number of aromatic nitrogens is 1. The lowest BCUT2D eigenvalue weighted by Crippen LogP contribution is -2.36. The lowest BCUT2D eigenvalue weighted by Gasteiger charge is -2.23. The molecule has 1 aromatic heterocycles. The number of aromatic amines is 1. The number of carbonyl (C=O) groups excluding carboxylic acids is 1. The Hall–Kier alpha value is -2.06. The Labute approximate surface area is 197 Å². The van der Waals surface area contributed by atoms with Crippen molar-refractivity contribution < 1.29 is 17.9 Å². The number of sulfonamides is 1. The molecular formula is C23H24Cl2N2O4S. The van der Waals surface area contributed by atoms with E-state index in [1.165, 1.54) is 6.92 Å². The first-order chi connectivity index (χ1) is 15.3. The molecule has 0 amide bonds. The number of halogens is 2. The van der Waals surface area contributed by atoms with Crippen LogP contribution in [0.2, 0.25) is 10.0 Å². The molecule has 0 unspecified atom stereocenters. The van der Waals surface area contributed by atoms with Crippen molar-refractivity contribution in [3.8, 4) is 11.3 Å². The van der Waals surface area contributed by atoms with Crippen LogP contribution in [0.15, 0.2) is 41.3 Å². The molecule has 1 saturated carbocycles. The number of hydrogen-bond donors (Lipinski definition) is 2. The van der Waals surface area contributed by atoms with E-state index < -0.39 is 16.0 Å². The number of H-pyrrole nitrogens is 1. The van der Waals surface area contributed by atoms with Crippen molar-refractivity contribution in [3.63, 3.8) is 0 Å². The average molecular weight is 495 g/mol. The van der Waals surface area contributed by atoms with Gasteiger partial charge in [-0.15, -0.1) is 0 Å². The van der Waals surface area contributed by atoms with Crippen molar-refractivity contribution in [2.75, 3.05) is 0 Å². The van der Waals surface area contributed by atoms with E-state index in [2.05, 4.69) is 9.71 Å². The second-order valence-corrected chi connectivity index (χ2v) is 10.5. The molecule has 0 aliphatic heterocycles. The Kier molecular flexibility index (Phi) is 6.81. The van der Waals surface area contributed by atoms with Gasteiger partial charge in [0.25, 0.3) is 0 Å². The van der Waals surface area contributed by atoms with Crippen LogP contribution in [0, 0.1) is 0 Å². The largest absolute Gasteiger partial charge is 0.461 e. The third-order valence-electron chi connectivity index (χ3n) is 5.73. The summed E-state index contributed by atoms with van der Waals surface area (Å²) in [6.07, 6.45) is 4.79. The molecule has 1 heterocycles. The SMILES string of the molecule is CC(=O)OCc1c(-c2ccc(Cl)c(S(=O)(=O)NC3CCCCC3)c2)[nH]c2cccc(Cl)c12. The van der Waals surface area contributed by atoms with Crippen molar-refractivity contribution in [1.29, 1.82) is 0 Å².